The van der Waals surface area contributed by atoms with Crippen molar-refractivity contribution < 1.29 is 18.3 Å². The van der Waals surface area contributed by atoms with Gasteiger partial charge >= 0.3 is 12.3 Å². The minimum atomic E-state index is -2.99. The fraction of sp³-hybridized carbons (Fsp3) is 0.125. The van der Waals surface area contributed by atoms with E-state index in [0.29, 0.717) is 5.69 Å². The maximum absolute atomic E-state index is 12.3. The Hall–Kier alpha value is -3.36. The molecule has 0 aliphatic rings. The normalized spacial score (nSPS) is 10.8. The zero-order chi connectivity index (χ0) is 17.8. The van der Waals surface area contributed by atoms with Crippen LogP contribution in [0.15, 0.2) is 59.4 Å². The number of Topliss-reactive ketones (excluding diaryl/α,β-unsaturated/α-hetero) is 1. The molecule has 0 radical (unpaired) electrons. The van der Waals surface area contributed by atoms with Crippen LogP contribution in [0.5, 0.6) is 5.75 Å². The topological polar surface area (TPSA) is 79.0 Å². The summed E-state index contributed by atoms with van der Waals surface area (Å²) in [4.78, 5) is 24.5. The summed E-state index contributed by atoms with van der Waals surface area (Å²) in [5.74, 6) is -0.622. The zero-order valence-electron chi connectivity index (χ0n) is 12.8. The van der Waals surface area contributed by atoms with E-state index in [-0.39, 0.29) is 17.9 Å². The number of benzene rings is 2. The summed E-state index contributed by atoms with van der Waals surface area (Å²) < 4.78 is 30.7. The summed E-state index contributed by atoms with van der Waals surface area (Å²) in [6.45, 7) is -3.36. The molecule has 7 nitrogen and oxygen atoms in total. The predicted octanol–water partition coefficient (Wildman–Crippen LogP) is 1.91. The van der Waals surface area contributed by atoms with E-state index in [2.05, 4.69) is 15.2 Å². The van der Waals surface area contributed by atoms with Crippen LogP contribution >= 0.6 is 0 Å². The van der Waals surface area contributed by atoms with E-state index in [1.807, 2.05) is 0 Å². The molecule has 0 saturated heterocycles. The number of rotatable bonds is 6. The molecule has 0 bridgehead atoms. The third-order valence-corrected chi connectivity index (χ3v) is 3.31. The Morgan fingerprint density at radius 3 is 2.56 bits per heavy atom. The van der Waals surface area contributed by atoms with Crippen LogP contribution in [-0.2, 0) is 6.54 Å². The standard InChI is InChI=1S/C16H12F2N4O3/c17-15(18)25-13-8-4-5-11(9-13)14(23)10-21-16(24)22(20-19-21)12-6-2-1-3-7-12/h1-9,15H,10H2. The van der Waals surface area contributed by atoms with Crippen molar-refractivity contribution in [3.05, 3.63) is 70.6 Å². The summed E-state index contributed by atoms with van der Waals surface area (Å²) in [5.41, 5.74) is 0.0531. The van der Waals surface area contributed by atoms with E-state index >= 15 is 0 Å². The SMILES string of the molecule is O=C(Cn1nnn(-c2ccccc2)c1=O)c1cccc(OC(F)F)c1. The summed E-state index contributed by atoms with van der Waals surface area (Å²) >= 11 is 0. The van der Waals surface area contributed by atoms with Crippen LogP contribution in [0.1, 0.15) is 10.4 Å². The molecular weight excluding hydrogens is 334 g/mol. The smallest absolute Gasteiger partial charge is 0.387 e. The van der Waals surface area contributed by atoms with Gasteiger partial charge in [0.2, 0.25) is 0 Å². The van der Waals surface area contributed by atoms with Crippen molar-refractivity contribution in [1.29, 1.82) is 0 Å². The number of hydrogen-bond donors (Lipinski definition) is 0. The lowest BCUT2D eigenvalue weighted by atomic mass is 10.1. The largest absolute Gasteiger partial charge is 0.435 e. The molecule has 0 spiro atoms. The van der Waals surface area contributed by atoms with Gasteiger partial charge in [-0.25, -0.2) is 4.79 Å². The lowest BCUT2D eigenvalue weighted by Crippen LogP contribution is -2.27. The molecular formula is C16H12F2N4O3. The lowest BCUT2D eigenvalue weighted by molar-refractivity contribution is -0.0498. The fourth-order valence-electron chi connectivity index (χ4n) is 2.18. The number of nitrogens with zero attached hydrogens (tertiary/aromatic N) is 4. The van der Waals surface area contributed by atoms with Crippen molar-refractivity contribution in [2.45, 2.75) is 13.2 Å². The van der Waals surface area contributed by atoms with Crippen LogP contribution < -0.4 is 10.4 Å². The van der Waals surface area contributed by atoms with Gasteiger partial charge in [0, 0.05) is 5.56 Å². The second kappa shape index (κ2) is 7.04. The number of alkyl halides is 2. The van der Waals surface area contributed by atoms with E-state index in [1.165, 1.54) is 24.3 Å². The van der Waals surface area contributed by atoms with E-state index in [1.54, 1.807) is 30.3 Å². The highest BCUT2D eigenvalue weighted by Gasteiger charge is 2.14. The van der Waals surface area contributed by atoms with Crippen LogP contribution in [0.25, 0.3) is 5.69 Å². The van der Waals surface area contributed by atoms with E-state index in [0.717, 1.165) is 9.36 Å². The minimum Gasteiger partial charge on any atom is -0.435 e. The highest BCUT2D eigenvalue weighted by molar-refractivity contribution is 5.96. The van der Waals surface area contributed by atoms with Crippen LogP contribution in [0.2, 0.25) is 0 Å². The molecule has 9 heteroatoms. The molecule has 0 atom stereocenters. The van der Waals surface area contributed by atoms with Crippen molar-refractivity contribution in [1.82, 2.24) is 19.8 Å². The average molecular weight is 346 g/mol. The third-order valence-electron chi connectivity index (χ3n) is 3.31. The summed E-state index contributed by atoms with van der Waals surface area (Å²) in [6.07, 6.45) is 0. The molecule has 0 amide bonds. The number of hydrogen-bond acceptors (Lipinski definition) is 5. The van der Waals surface area contributed by atoms with Gasteiger partial charge in [-0.2, -0.15) is 18.1 Å². The highest BCUT2D eigenvalue weighted by Crippen LogP contribution is 2.16. The first-order valence-corrected chi connectivity index (χ1v) is 7.21. The van der Waals surface area contributed by atoms with Crippen molar-refractivity contribution in [3.8, 4) is 11.4 Å². The van der Waals surface area contributed by atoms with Crippen molar-refractivity contribution >= 4 is 5.78 Å². The average Bonchev–Trinajstić information content (AvgIpc) is 2.96. The molecule has 2 aromatic carbocycles. The molecule has 3 aromatic rings. The Balaban J connectivity index is 1.80. The van der Waals surface area contributed by atoms with Gasteiger partial charge in [-0.3, -0.25) is 4.79 Å². The Morgan fingerprint density at radius 1 is 1.08 bits per heavy atom. The Labute approximate surface area is 140 Å². The number of aromatic nitrogens is 4. The van der Waals surface area contributed by atoms with Crippen molar-refractivity contribution in [2.24, 2.45) is 0 Å². The zero-order valence-corrected chi connectivity index (χ0v) is 12.8. The second-order valence-electron chi connectivity index (χ2n) is 5.00. The molecule has 0 saturated carbocycles. The molecule has 128 valence electrons. The van der Waals surface area contributed by atoms with Gasteiger partial charge in [0.15, 0.2) is 5.78 Å². The maximum atomic E-state index is 12.3. The van der Waals surface area contributed by atoms with Crippen LogP contribution in [0.4, 0.5) is 8.78 Å². The molecule has 0 aliphatic carbocycles. The number of halogens is 2. The van der Waals surface area contributed by atoms with Crippen LogP contribution in [-0.4, -0.2) is 32.2 Å². The van der Waals surface area contributed by atoms with Crippen molar-refractivity contribution in [3.63, 3.8) is 0 Å². The molecule has 3 rings (SSSR count). The van der Waals surface area contributed by atoms with Gasteiger partial charge in [-0.05, 0) is 34.7 Å². The van der Waals surface area contributed by atoms with Gasteiger partial charge in [0.05, 0.1) is 5.69 Å². The van der Waals surface area contributed by atoms with E-state index in [9.17, 15) is 18.4 Å². The molecule has 0 N–H and O–H groups in total. The number of carbonyl (C=O) groups excluding carboxylic acids is 1. The Morgan fingerprint density at radius 2 is 1.84 bits per heavy atom. The van der Waals surface area contributed by atoms with Crippen LogP contribution in [0.3, 0.4) is 0 Å². The number of ketones is 1. The van der Waals surface area contributed by atoms with Gasteiger partial charge in [0.1, 0.15) is 12.3 Å². The molecule has 0 fully saturated rings. The van der Waals surface area contributed by atoms with Gasteiger partial charge in [0.25, 0.3) is 0 Å². The third kappa shape index (κ3) is 3.77. The molecule has 1 heterocycles. The molecule has 0 unspecified atom stereocenters. The Kier molecular flexibility index (Phi) is 4.64. The molecule has 0 aliphatic heterocycles. The maximum Gasteiger partial charge on any atom is 0.387 e. The quantitative estimate of drug-likeness (QED) is 0.637. The minimum absolute atomic E-state index is 0.124. The first kappa shape index (κ1) is 16.5. The van der Waals surface area contributed by atoms with E-state index < -0.39 is 18.1 Å². The predicted molar refractivity (Wildman–Crippen MR) is 83.0 cm³/mol. The number of carbonyl (C=O) groups is 1. The highest BCUT2D eigenvalue weighted by atomic mass is 19.3. The number of tetrazole rings is 1. The van der Waals surface area contributed by atoms with Crippen LogP contribution in [0, 0.1) is 0 Å². The number of ether oxygens (including phenoxy) is 1. The van der Waals surface area contributed by atoms with Gasteiger partial charge < -0.3 is 4.74 Å². The molecule has 25 heavy (non-hydrogen) atoms. The first-order chi connectivity index (χ1) is 12.0. The first-order valence-electron chi connectivity index (χ1n) is 7.21. The summed E-state index contributed by atoms with van der Waals surface area (Å²) in [5, 5.41) is 7.40. The summed E-state index contributed by atoms with van der Waals surface area (Å²) in [7, 11) is 0. The van der Waals surface area contributed by atoms with Gasteiger partial charge in [-0.1, -0.05) is 30.3 Å². The fourth-order valence-corrected chi connectivity index (χ4v) is 2.18. The van der Waals surface area contributed by atoms with Crippen molar-refractivity contribution in [2.75, 3.05) is 0 Å². The monoisotopic (exact) mass is 346 g/mol. The van der Waals surface area contributed by atoms with E-state index in [4.69, 9.17) is 0 Å². The second-order valence-corrected chi connectivity index (χ2v) is 5.00. The lowest BCUT2D eigenvalue weighted by Gasteiger charge is -2.06. The summed E-state index contributed by atoms with van der Waals surface area (Å²) in [6, 6.07) is 13.9. The van der Waals surface area contributed by atoms with Gasteiger partial charge in [-0.15, -0.1) is 0 Å². The Bertz CT molecular complexity index is 938. The molecule has 1 aromatic heterocycles. The number of para-hydroxylation sites is 1.